The molecule has 1 aromatic carbocycles. The quantitative estimate of drug-likeness (QED) is 0.799. The molecule has 17 heavy (non-hydrogen) atoms. The van der Waals surface area contributed by atoms with Crippen molar-refractivity contribution in [1.82, 2.24) is 10.2 Å². The third-order valence-electron chi connectivity index (χ3n) is 2.21. The van der Waals surface area contributed by atoms with Crippen molar-refractivity contribution < 1.29 is 9.52 Å². The zero-order valence-electron chi connectivity index (χ0n) is 9.06. The van der Waals surface area contributed by atoms with E-state index in [0.29, 0.717) is 18.5 Å². The Morgan fingerprint density at radius 1 is 1.24 bits per heavy atom. The first-order chi connectivity index (χ1) is 8.28. The van der Waals surface area contributed by atoms with E-state index >= 15 is 0 Å². The molecule has 0 aliphatic heterocycles. The Balaban J connectivity index is 1.81. The number of benzene rings is 1. The summed E-state index contributed by atoms with van der Waals surface area (Å²) in [5.41, 5.74) is 1.12. The van der Waals surface area contributed by atoms with Gasteiger partial charge < -0.3 is 14.8 Å². The number of aromatic hydroxyl groups is 1. The van der Waals surface area contributed by atoms with Gasteiger partial charge in [-0.1, -0.05) is 17.2 Å². The number of phenolic OH excluding ortho intramolecular Hbond substituents is 1. The highest BCUT2D eigenvalue weighted by Crippen LogP contribution is 2.11. The molecule has 0 unspecified atom stereocenters. The van der Waals surface area contributed by atoms with E-state index in [1.165, 1.54) is 0 Å². The summed E-state index contributed by atoms with van der Waals surface area (Å²) in [5, 5.41) is 19.6. The van der Waals surface area contributed by atoms with Gasteiger partial charge in [0.15, 0.2) is 0 Å². The number of hydrogen-bond donors (Lipinski definition) is 2. The molecule has 2 rings (SSSR count). The molecule has 2 aromatic rings. The van der Waals surface area contributed by atoms with Crippen molar-refractivity contribution in [1.29, 1.82) is 0 Å². The van der Waals surface area contributed by atoms with E-state index in [9.17, 15) is 0 Å². The van der Waals surface area contributed by atoms with E-state index < -0.39 is 0 Å². The Hall–Kier alpha value is -1.75. The number of nitrogens with one attached hydrogen (secondary N) is 1. The predicted molar refractivity (Wildman–Crippen MR) is 64.2 cm³/mol. The molecule has 0 saturated heterocycles. The molecule has 0 aliphatic carbocycles. The van der Waals surface area contributed by atoms with Crippen molar-refractivity contribution in [2.24, 2.45) is 0 Å². The molecule has 90 valence electrons. The van der Waals surface area contributed by atoms with Crippen molar-refractivity contribution >= 4 is 17.6 Å². The van der Waals surface area contributed by atoms with Crippen LogP contribution in [0.2, 0.25) is 0 Å². The second-order valence-corrected chi connectivity index (χ2v) is 3.75. The van der Waals surface area contributed by atoms with E-state index in [1.807, 2.05) is 12.1 Å². The molecular weight excluding hydrogens is 242 g/mol. The normalized spacial score (nSPS) is 10.4. The Labute approximate surface area is 103 Å². The van der Waals surface area contributed by atoms with E-state index in [4.69, 9.17) is 21.1 Å². The molecule has 0 aliphatic rings. The molecule has 1 aromatic heterocycles. The van der Waals surface area contributed by atoms with Crippen LogP contribution in [0.5, 0.6) is 5.75 Å². The van der Waals surface area contributed by atoms with Gasteiger partial charge in [-0.15, -0.1) is 16.7 Å². The minimum Gasteiger partial charge on any atom is -0.508 e. The summed E-state index contributed by atoms with van der Waals surface area (Å²) in [5.74, 6) is 0.885. The van der Waals surface area contributed by atoms with Crippen molar-refractivity contribution in [3.8, 4) is 5.75 Å². The van der Waals surface area contributed by atoms with Crippen molar-refractivity contribution in [3.63, 3.8) is 0 Å². The number of phenols is 1. The molecule has 0 fully saturated rings. The van der Waals surface area contributed by atoms with Gasteiger partial charge in [0.05, 0.1) is 0 Å². The van der Waals surface area contributed by atoms with Crippen LogP contribution in [0.15, 0.2) is 28.7 Å². The smallest absolute Gasteiger partial charge is 0.315 e. The largest absolute Gasteiger partial charge is 0.508 e. The lowest BCUT2D eigenvalue weighted by molar-refractivity contribution is 0.475. The average molecular weight is 254 g/mol. The summed E-state index contributed by atoms with van der Waals surface area (Å²) in [4.78, 5) is 0. The van der Waals surface area contributed by atoms with Gasteiger partial charge in [-0.25, -0.2) is 0 Å². The summed E-state index contributed by atoms with van der Waals surface area (Å²) in [6.07, 6.45) is 0.804. The van der Waals surface area contributed by atoms with Crippen LogP contribution in [-0.2, 0) is 12.3 Å². The molecule has 2 N–H and O–H groups in total. The van der Waals surface area contributed by atoms with Crippen LogP contribution in [0.3, 0.4) is 0 Å². The first-order valence-electron chi connectivity index (χ1n) is 5.18. The van der Waals surface area contributed by atoms with E-state index in [1.54, 1.807) is 12.1 Å². The second-order valence-electron chi connectivity index (χ2n) is 3.48. The lowest BCUT2D eigenvalue weighted by atomic mass is 10.1. The third kappa shape index (κ3) is 3.35. The van der Waals surface area contributed by atoms with E-state index in [2.05, 4.69) is 15.5 Å². The zero-order valence-corrected chi connectivity index (χ0v) is 9.81. The molecule has 0 bridgehead atoms. The maximum absolute atomic E-state index is 9.13. The number of alkyl halides is 1. The number of anilines is 1. The molecule has 6 heteroatoms. The van der Waals surface area contributed by atoms with Gasteiger partial charge in [-0.05, 0) is 24.1 Å². The Morgan fingerprint density at radius 2 is 2.00 bits per heavy atom. The monoisotopic (exact) mass is 253 g/mol. The van der Waals surface area contributed by atoms with Gasteiger partial charge in [-0.2, -0.15) is 0 Å². The minimum absolute atomic E-state index is 0.215. The fourth-order valence-electron chi connectivity index (χ4n) is 1.36. The van der Waals surface area contributed by atoms with Gasteiger partial charge >= 0.3 is 6.01 Å². The topological polar surface area (TPSA) is 71.2 Å². The van der Waals surface area contributed by atoms with Crippen LogP contribution in [0, 0.1) is 0 Å². The first-order valence-corrected chi connectivity index (χ1v) is 5.71. The summed E-state index contributed by atoms with van der Waals surface area (Å²) in [6.45, 7) is 0.675. The van der Waals surface area contributed by atoms with E-state index in [0.717, 1.165) is 12.0 Å². The van der Waals surface area contributed by atoms with Crippen LogP contribution < -0.4 is 5.32 Å². The van der Waals surface area contributed by atoms with Gasteiger partial charge in [-0.3, -0.25) is 0 Å². The van der Waals surface area contributed by atoms with Crippen LogP contribution in [0.1, 0.15) is 11.5 Å². The number of rotatable bonds is 5. The Morgan fingerprint density at radius 3 is 2.65 bits per heavy atom. The predicted octanol–water partition coefficient (Wildman–Crippen LogP) is 2.17. The fraction of sp³-hybridized carbons (Fsp3) is 0.273. The van der Waals surface area contributed by atoms with Gasteiger partial charge in [0.2, 0.25) is 5.89 Å². The van der Waals surface area contributed by atoms with Crippen molar-refractivity contribution in [2.45, 2.75) is 12.3 Å². The van der Waals surface area contributed by atoms with Crippen LogP contribution in [0.25, 0.3) is 0 Å². The molecule has 0 amide bonds. The van der Waals surface area contributed by atoms with Crippen molar-refractivity contribution in [3.05, 3.63) is 35.7 Å². The molecule has 1 heterocycles. The standard InChI is InChI=1S/C11H12ClN3O2/c12-7-10-14-15-11(17-10)13-6-5-8-1-3-9(16)4-2-8/h1-4,16H,5-7H2,(H,13,15). The molecular formula is C11H12ClN3O2. The first kappa shape index (κ1) is 11.7. The number of halogens is 1. The Bertz CT molecular complexity index is 470. The van der Waals surface area contributed by atoms with Crippen LogP contribution in [-0.4, -0.2) is 21.8 Å². The highest BCUT2D eigenvalue weighted by Gasteiger charge is 2.03. The average Bonchev–Trinajstić information content (AvgIpc) is 2.80. The van der Waals surface area contributed by atoms with E-state index in [-0.39, 0.29) is 11.6 Å². The lowest BCUT2D eigenvalue weighted by Gasteiger charge is -2.01. The number of hydrogen-bond acceptors (Lipinski definition) is 5. The summed E-state index contributed by atoms with van der Waals surface area (Å²) >= 11 is 5.54. The lowest BCUT2D eigenvalue weighted by Crippen LogP contribution is -2.04. The van der Waals surface area contributed by atoms with Gasteiger partial charge in [0.25, 0.3) is 0 Å². The maximum Gasteiger partial charge on any atom is 0.315 e. The van der Waals surface area contributed by atoms with Gasteiger partial charge in [0.1, 0.15) is 11.6 Å². The van der Waals surface area contributed by atoms with Crippen molar-refractivity contribution in [2.75, 3.05) is 11.9 Å². The summed E-state index contributed by atoms with van der Waals surface area (Å²) < 4.78 is 5.18. The number of aromatic nitrogens is 2. The minimum atomic E-state index is 0.215. The van der Waals surface area contributed by atoms with Gasteiger partial charge in [0, 0.05) is 6.54 Å². The molecule has 0 atom stereocenters. The molecule has 0 radical (unpaired) electrons. The second kappa shape index (κ2) is 5.54. The maximum atomic E-state index is 9.13. The molecule has 5 nitrogen and oxygen atoms in total. The highest BCUT2D eigenvalue weighted by atomic mass is 35.5. The highest BCUT2D eigenvalue weighted by molar-refractivity contribution is 6.16. The summed E-state index contributed by atoms with van der Waals surface area (Å²) in [6, 6.07) is 7.44. The Kier molecular flexibility index (Phi) is 3.82. The van der Waals surface area contributed by atoms with Crippen LogP contribution >= 0.6 is 11.6 Å². The van der Waals surface area contributed by atoms with Crippen LogP contribution in [0.4, 0.5) is 6.01 Å². The zero-order chi connectivity index (χ0) is 12.1. The third-order valence-corrected chi connectivity index (χ3v) is 2.44. The fourth-order valence-corrected chi connectivity index (χ4v) is 1.46. The molecule has 0 saturated carbocycles. The number of nitrogens with zero attached hydrogens (tertiary/aromatic N) is 2. The SMILES string of the molecule is Oc1ccc(CCNc2nnc(CCl)o2)cc1. The summed E-state index contributed by atoms with van der Waals surface area (Å²) in [7, 11) is 0. The molecule has 0 spiro atoms.